The second kappa shape index (κ2) is 11.2. The first-order chi connectivity index (χ1) is 17.3. The van der Waals surface area contributed by atoms with Gasteiger partial charge in [0.25, 0.3) is 0 Å². The fourth-order valence-corrected chi connectivity index (χ4v) is 3.88. The Morgan fingerprint density at radius 1 is 1.11 bits per heavy atom. The van der Waals surface area contributed by atoms with Crippen LogP contribution in [0.2, 0.25) is 5.02 Å². The lowest BCUT2D eigenvalue weighted by molar-refractivity contribution is -0.133. The lowest BCUT2D eigenvalue weighted by Crippen LogP contribution is -2.49. The lowest BCUT2D eigenvalue weighted by Gasteiger charge is -2.34. The summed E-state index contributed by atoms with van der Waals surface area (Å²) in [4.78, 5) is 35.4. The van der Waals surface area contributed by atoms with Crippen molar-refractivity contribution in [3.63, 3.8) is 0 Å². The van der Waals surface area contributed by atoms with Crippen LogP contribution in [0.1, 0.15) is 29.8 Å². The van der Waals surface area contributed by atoms with E-state index in [9.17, 15) is 9.59 Å². The highest BCUT2D eigenvalue weighted by Gasteiger charge is 2.33. The molecule has 3 aromatic rings. The predicted octanol–water partition coefficient (Wildman–Crippen LogP) is 5.40. The first-order valence-electron chi connectivity index (χ1n) is 11.5. The van der Waals surface area contributed by atoms with Gasteiger partial charge >= 0.3 is 5.97 Å². The third-order valence-corrected chi connectivity index (χ3v) is 6.07. The summed E-state index contributed by atoms with van der Waals surface area (Å²) >= 11 is 6.02. The van der Waals surface area contributed by atoms with Gasteiger partial charge in [-0.15, -0.1) is 0 Å². The Balaban J connectivity index is 1.49. The quantitative estimate of drug-likeness (QED) is 0.431. The van der Waals surface area contributed by atoms with Crippen LogP contribution in [-0.4, -0.2) is 41.4 Å². The van der Waals surface area contributed by atoms with Crippen LogP contribution < -0.4 is 10.1 Å². The van der Waals surface area contributed by atoms with E-state index in [1.807, 2.05) is 50.2 Å². The first kappa shape index (κ1) is 25.2. The van der Waals surface area contributed by atoms with E-state index in [-0.39, 0.29) is 17.7 Å². The number of methoxy groups -OCH3 is 1. The van der Waals surface area contributed by atoms with Crippen molar-refractivity contribution in [3.05, 3.63) is 83.1 Å². The maximum atomic E-state index is 13.3. The van der Waals surface area contributed by atoms with Gasteiger partial charge in [0.1, 0.15) is 11.5 Å². The predicted molar refractivity (Wildman–Crippen MR) is 138 cm³/mol. The Labute approximate surface area is 214 Å². The summed E-state index contributed by atoms with van der Waals surface area (Å²) < 4.78 is 10.5. The van der Waals surface area contributed by atoms with Gasteiger partial charge in [-0.25, -0.2) is 4.79 Å². The third-order valence-electron chi connectivity index (χ3n) is 5.82. The maximum Gasteiger partial charge on any atom is 0.339 e. The molecular weight excluding hydrogens is 480 g/mol. The van der Waals surface area contributed by atoms with E-state index >= 15 is 0 Å². The van der Waals surface area contributed by atoms with Gasteiger partial charge in [0.15, 0.2) is 0 Å². The fourth-order valence-electron chi connectivity index (χ4n) is 3.76. The van der Waals surface area contributed by atoms with E-state index in [0.29, 0.717) is 41.1 Å². The van der Waals surface area contributed by atoms with E-state index in [2.05, 4.69) is 10.3 Å². The van der Waals surface area contributed by atoms with Crippen molar-refractivity contribution in [2.45, 2.75) is 20.4 Å². The standard InChI is InChI=1S/C27H27ClN4O4/c1-17(2)24-15-30-27(32(25(24)33)16-18-4-6-20(28)7-5-18)31-21-8-10-22(11-9-21)36-23-12-19(13-29-14-23)26(34)35-3/h4-14,17,24H,15-16H2,1-3H3,(H,30,31). The van der Waals surface area contributed by atoms with E-state index in [1.165, 1.54) is 19.5 Å². The number of carbonyl (C=O) groups is 2. The number of halogens is 1. The number of ether oxygens (including phenoxy) is 2. The van der Waals surface area contributed by atoms with Crippen molar-refractivity contribution in [2.24, 2.45) is 16.8 Å². The van der Waals surface area contributed by atoms with E-state index in [1.54, 1.807) is 23.1 Å². The molecule has 0 saturated carbocycles. The zero-order valence-corrected chi connectivity index (χ0v) is 21.0. The number of aromatic nitrogens is 1. The molecule has 4 rings (SSSR count). The molecule has 186 valence electrons. The van der Waals surface area contributed by atoms with Gasteiger partial charge in [0, 0.05) is 16.9 Å². The van der Waals surface area contributed by atoms with Crippen LogP contribution in [-0.2, 0) is 16.1 Å². The molecule has 2 aromatic carbocycles. The topological polar surface area (TPSA) is 93.1 Å². The number of nitrogens with zero attached hydrogens (tertiary/aromatic N) is 3. The molecule has 0 bridgehead atoms. The SMILES string of the molecule is COC(=O)c1cncc(Oc2ccc(NC3=NCC(C(C)C)C(=O)N3Cc3ccc(Cl)cc3)cc2)c1. The molecule has 2 heterocycles. The van der Waals surface area contributed by atoms with Crippen LogP contribution in [0.25, 0.3) is 0 Å². The lowest BCUT2D eigenvalue weighted by atomic mass is 9.93. The molecule has 0 saturated heterocycles. The van der Waals surface area contributed by atoms with Crippen molar-refractivity contribution in [1.29, 1.82) is 0 Å². The molecule has 36 heavy (non-hydrogen) atoms. The van der Waals surface area contributed by atoms with Crippen molar-refractivity contribution in [3.8, 4) is 11.5 Å². The van der Waals surface area contributed by atoms with E-state index < -0.39 is 5.97 Å². The summed E-state index contributed by atoms with van der Waals surface area (Å²) in [5, 5.41) is 3.92. The monoisotopic (exact) mass is 506 g/mol. The minimum Gasteiger partial charge on any atom is -0.465 e. The first-order valence-corrected chi connectivity index (χ1v) is 11.9. The number of amides is 1. The Morgan fingerprint density at radius 3 is 2.50 bits per heavy atom. The molecule has 1 aliphatic rings. The Morgan fingerprint density at radius 2 is 1.83 bits per heavy atom. The largest absolute Gasteiger partial charge is 0.465 e. The molecule has 1 atom stereocenters. The number of benzene rings is 2. The number of aliphatic imine (C=N–C) groups is 1. The van der Waals surface area contributed by atoms with Crippen molar-refractivity contribution in [1.82, 2.24) is 9.88 Å². The van der Waals surface area contributed by atoms with Crippen LogP contribution >= 0.6 is 11.6 Å². The number of anilines is 1. The molecule has 9 heteroatoms. The molecule has 1 amide bonds. The molecule has 1 unspecified atom stereocenters. The summed E-state index contributed by atoms with van der Waals surface area (Å²) in [5.41, 5.74) is 2.01. The summed E-state index contributed by atoms with van der Waals surface area (Å²) in [6.07, 6.45) is 2.93. The number of pyridine rings is 1. The van der Waals surface area contributed by atoms with Gasteiger partial charge in [-0.05, 0) is 53.9 Å². The zero-order chi connectivity index (χ0) is 25.7. The summed E-state index contributed by atoms with van der Waals surface area (Å²) in [6.45, 7) is 4.88. The average Bonchev–Trinajstić information content (AvgIpc) is 2.88. The molecule has 0 radical (unpaired) electrons. The molecule has 0 aliphatic carbocycles. The molecule has 0 fully saturated rings. The van der Waals surface area contributed by atoms with Gasteiger partial charge in [-0.2, -0.15) is 0 Å². The molecule has 1 aromatic heterocycles. The number of rotatable bonds is 7. The highest BCUT2D eigenvalue weighted by molar-refractivity contribution is 6.30. The van der Waals surface area contributed by atoms with Crippen LogP contribution in [0, 0.1) is 11.8 Å². The average molecular weight is 507 g/mol. The highest BCUT2D eigenvalue weighted by Crippen LogP contribution is 2.26. The second-order valence-electron chi connectivity index (χ2n) is 8.72. The number of carbonyl (C=O) groups excluding carboxylic acids is 2. The number of hydrogen-bond donors (Lipinski definition) is 1. The Bertz CT molecular complexity index is 1260. The van der Waals surface area contributed by atoms with E-state index in [4.69, 9.17) is 26.1 Å². The van der Waals surface area contributed by atoms with Crippen molar-refractivity contribution < 1.29 is 19.1 Å². The number of esters is 1. The number of guanidine groups is 1. The fraction of sp³-hybridized carbons (Fsp3) is 0.259. The summed E-state index contributed by atoms with van der Waals surface area (Å²) in [6, 6.07) is 16.2. The van der Waals surface area contributed by atoms with Gasteiger partial charge in [-0.1, -0.05) is 37.6 Å². The van der Waals surface area contributed by atoms with Crippen molar-refractivity contribution in [2.75, 3.05) is 19.0 Å². The highest BCUT2D eigenvalue weighted by atomic mass is 35.5. The molecule has 0 spiro atoms. The minimum atomic E-state index is -0.488. The molecule has 1 N–H and O–H groups in total. The Kier molecular flexibility index (Phi) is 7.85. The smallest absolute Gasteiger partial charge is 0.339 e. The Hall–Kier alpha value is -3.91. The second-order valence-corrected chi connectivity index (χ2v) is 9.15. The number of nitrogens with one attached hydrogen (secondary N) is 1. The number of hydrogen-bond acceptors (Lipinski definition) is 7. The van der Waals surface area contributed by atoms with Gasteiger partial charge in [0.2, 0.25) is 11.9 Å². The normalized spacial score (nSPS) is 15.5. The van der Waals surface area contributed by atoms with Gasteiger partial charge in [-0.3, -0.25) is 19.7 Å². The van der Waals surface area contributed by atoms with Gasteiger partial charge < -0.3 is 14.8 Å². The summed E-state index contributed by atoms with van der Waals surface area (Å²) in [7, 11) is 1.31. The molecule has 8 nitrogen and oxygen atoms in total. The molecule has 1 aliphatic heterocycles. The maximum absolute atomic E-state index is 13.3. The van der Waals surface area contributed by atoms with Crippen LogP contribution in [0.15, 0.2) is 72.0 Å². The van der Waals surface area contributed by atoms with E-state index in [0.717, 1.165) is 11.3 Å². The minimum absolute atomic E-state index is 0.0374. The van der Waals surface area contributed by atoms with Gasteiger partial charge in [0.05, 0.1) is 37.9 Å². The van der Waals surface area contributed by atoms with Crippen LogP contribution in [0.3, 0.4) is 0 Å². The molecular formula is C27H27ClN4O4. The van der Waals surface area contributed by atoms with Crippen LogP contribution in [0.5, 0.6) is 11.5 Å². The third kappa shape index (κ3) is 6.01. The zero-order valence-electron chi connectivity index (χ0n) is 20.3. The van der Waals surface area contributed by atoms with Crippen LogP contribution in [0.4, 0.5) is 5.69 Å². The van der Waals surface area contributed by atoms with Crippen molar-refractivity contribution >= 4 is 35.1 Å². The summed E-state index contributed by atoms with van der Waals surface area (Å²) in [5.74, 6) is 1.02.